The summed E-state index contributed by atoms with van der Waals surface area (Å²) in [5.41, 5.74) is 0.803. The number of halogens is 2. The topological polar surface area (TPSA) is 65.7 Å². The van der Waals surface area contributed by atoms with E-state index in [0.29, 0.717) is 5.76 Å². The van der Waals surface area contributed by atoms with Crippen LogP contribution in [0.1, 0.15) is 30.0 Å². The average Bonchev–Trinajstić information content (AvgIpc) is 2.67. The zero-order valence-corrected chi connectivity index (χ0v) is 11.8. The maximum absolute atomic E-state index is 12.4. The first kappa shape index (κ1) is 16.4. The molecule has 0 aromatic carbocycles. The quantitative estimate of drug-likeness (QED) is 0.844. The zero-order chi connectivity index (χ0) is 15.3. The predicted molar refractivity (Wildman–Crippen MR) is 69.8 cm³/mol. The van der Waals surface area contributed by atoms with E-state index >= 15 is 0 Å². The Hall–Kier alpha value is -1.63. The van der Waals surface area contributed by atoms with Gasteiger partial charge in [-0.05, 0) is 26.8 Å². The molecule has 1 rings (SSSR count). The van der Waals surface area contributed by atoms with Gasteiger partial charge in [-0.15, -0.1) is 0 Å². The van der Waals surface area contributed by atoms with Gasteiger partial charge in [0.05, 0.1) is 19.2 Å². The summed E-state index contributed by atoms with van der Waals surface area (Å²) < 4.78 is 30.1. The Morgan fingerprint density at radius 2 is 2.15 bits per heavy atom. The van der Waals surface area contributed by atoms with E-state index in [1.165, 1.54) is 0 Å². The number of aliphatic hydroxyl groups excluding tert-OH is 1. The molecule has 0 aliphatic rings. The van der Waals surface area contributed by atoms with Gasteiger partial charge >= 0.3 is 6.03 Å². The minimum Gasteiger partial charge on any atom is -0.466 e. The van der Waals surface area contributed by atoms with E-state index in [-0.39, 0.29) is 19.2 Å². The van der Waals surface area contributed by atoms with Gasteiger partial charge in [0.1, 0.15) is 11.5 Å². The third-order valence-corrected chi connectivity index (χ3v) is 2.90. The van der Waals surface area contributed by atoms with Gasteiger partial charge in [0.15, 0.2) is 0 Å². The van der Waals surface area contributed by atoms with Gasteiger partial charge in [0.2, 0.25) is 0 Å². The standard InChI is InChI=1S/C13H20F2N2O3/c1-8-6-11(10(3)20-8)9(2)16-13(19)17(4-5-18)7-12(14)15/h6,9,12,18H,4-5,7H2,1-3H3,(H,16,19)/t9-/m0/s1. The molecule has 0 aliphatic carbocycles. The molecule has 0 unspecified atom stereocenters. The number of alkyl halides is 2. The Kier molecular flexibility index (Phi) is 5.94. The summed E-state index contributed by atoms with van der Waals surface area (Å²) >= 11 is 0. The molecule has 0 saturated heterocycles. The van der Waals surface area contributed by atoms with Crippen molar-refractivity contribution in [2.24, 2.45) is 0 Å². The fraction of sp³-hybridized carbons (Fsp3) is 0.615. The molecule has 20 heavy (non-hydrogen) atoms. The summed E-state index contributed by atoms with van der Waals surface area (Å²) in [6.07, 6.45) is -2.64. The van der Waals surface area contributed by atoms with Crippen molar-refractivity contribution in [1.29, 1.82) is 0 Å². The predicted octanol–water partition coefficient (Wildman–Crippen LogP) is 2.23. The number of amides is 2. The van der Waals surface area contributed by atoms with Crippen LogP contribution in [0.25, 0.3) is 0 Å². The molecule has 2 N–H and O–H groups in total. The van der Waals surface area contributed by atoms with Crippen LogP contribution in [-0.2, 0) is 0 Å². The zero-order valence-electron chi connectivity index (χ0n) is 11.8. The van der Waals surface area contributed by atoms with Gasteiger partial charge in [-0.2, -0.15) is 0 Å². The van der Waals surface area contributed by atoms with Crippen molar-refractivity contribution >= 4 is 6.03 Å². The number of nitrogens with zero attached hydrogens (tertiary/aromatic N) is 1. The molecule has 0 saturated carbocycles. The normalized spacial score (nSPS) is 12.6. The summed E-state index contributed by atoms with van der Waals surface area (Å²) in [5, 5.41) is 11.4. The third-order valence-electron chi connectivity index (χ3n) is 2.90. The van der Waals surface area contributed by atoms with Crippen molar-refractivity contribution in [1.82, 2.24) is 10.2 Å². The summed E-state index contributed by atoms with van der Waals surface area (Å²) in [6.45, 7) is 4.11. The minimum absolute atomic E-state index is 0.133. The van der Waals surface area contributed by atoms with Crippen LogP contribution in [0, 0.1) is 13.8 Å². The Balaban J connectivity index is 2.69. The monoisotopic (exact) mass is 290 g/mol. The van der Waals surface area contributed by atoms with Crippen molar-refractivity contribution < 1.29 is 23.1 Å². The van der Waals surface area contributed by atoms with E-state index in [4.69, 9.17) is 9.52 Å². The van der Waals surface area contributed by atoms with Gasteiger partial charge < -0.3 is 19.7 Å². The van der Waals surface area contributed by atoms with Crippen LogP contribution in [0.3, 0.4) is 0 Å². The lowest BCUT2D eigenvalue weighted by molar-refractivity contribution is 0.0895. The number of aryl methyl sites for hydroxylation is 2. The highest BCUT2D eigenvalue weighted by Crippen LogP contribution is 2.21. The molecule has 5 nitrogen and oxygen atoms in total. The third kappa shape index (κ3) is 4.48. The smallest absolute Gasteiger partial charge is 0.318 e. The Bertz CT molecular complexity index is 449. The van der Waals surface area contributed by atoms with Crippen molar-refractivity contribution in [3.63, 3.8) is 0 Å². The number of rotatable bonds is 6. The van der Waals surface area contributed by atoms with Gasteiger partial charge in [0, 0.05) is 12.1 Å². The van der Waals surface area contributed by atoms with Crippen LogP contribution in [0.2, 0.25) is 0 Å². The average molecular weight is 290 g/mol. The number of nitrogens with one attached hydrogen (secondary N) is 1. The summed E-state index contributed by atoms with van der Waals surface area (Å²) in [4.78, 5) is 12.8. The molecule has 2 amide bonds. The number of carbonyl (C=O) groups excluding carboxylic acids is 1. The maximum atomic E-state index is 12.4. The molecule has 0 bridgehead atoms. The lowest BCUT2D eigenvalue weighted by Crippen LogP contribution is -2.44. The molecule has 0 spiro atoms. The number of hydrogen-bond donors (Lipinski definition) is 2. The highest BCUT2D eigenvalue weighted by atomic mass is 19.3. The maximum Gasteiger partial charge on any atom is 0.318 e. The molecule has 0 radical (unpaired) electrons. The van der Waals surface area contributed by atoms with E-state index in [9.17, 15) is 13.6 Å². The molecular weight excluding hydrogens is 270 g/mol. The second kappa shape index (κ2) is 7.23. The minimum atomic E-state index is -2.64. The van der Waals surface area contributed by atoms with Crippen LogP contribution in [-0.4, -0.2) is 42.2 Å². The van der Waals surface area contributed by atoms with Crippen molar-refractivity contribution in [3.05, 3.63) is 23.2 Å². The van der Waals surface area contributed by atoms with Crippen LogP contribution >= 0.6 is 0 Å². The molecule has 1 aromatic rings. The summed E-state index contributed by atoms with van der Waals surface area (Å²) in [5.74, 6) is 1.40. The van der Waals surface area contributed by atoms with Gasteiger partial charge in [-0.1, -0.05) is 0 Å². The molecule has 1 heterocycles. The van der Waals surface area contributed by atoms with E-state index in [1.54, 1.807) is 26.8 Å². The molecule has 114 valence electrons. The van der Waals surface area contributed by atoms with Crippen LogP contribution in [0.5, 0.6) is 0 Å². The van der Waals surface area contributed by atoms with Crippen molar-refractivity contribution in [2.45, 2.75) is 33.2 Å². The first-order valence-electron chi connectivity index (χ1n) is 6.36. The second-order valence-corrected chi connectivity index (χ2v) is 4.60. The molecule has 1 atom stereocenters. The fourth-order valence-corrected chi connectivity index (χ4v) is 2.00. The first-order valence-corrected chi connectivity index (χ1v) is 6.36. The lowest BCUT2D eigenvalue weighted by Gasteiger charge is -2.24. The summed E-state index contributed by atoms with van der Waals surface area (Å²) in [7, 11) is 0. The van der Waals surface area contributed by atoms with Gasteiger partial charge in [-0.25, -0.2) is 13.6 Å². The highest BCUT2D eigenvalue weighted by Gasteiger charge is 2.21. The molecule has 0 aliphatic heterocycles. The Morgan fingerprint density at radius 1 is 1.50 bits per heavy atom. The SMILES string of the molecule is Cc1cc([C@H](C)NC(=O)N(CCO)CC(F)F)c(C)o1. The first-order chi connectivity index (χ1) is 9.35. The number of urea groups is 1. The lowest BCUT2D eigenvalue weighted by atomic mass is 10.1. The largest absolute Gasteiger partial charge is 0.466 e. The second-order valence-electron chi connectivity index (χ2n) is 4.60. The van der Waals surface area contributed by atoms with Gasteiger partial charge in [-0.3, -0.25) is 0 Å². The van der Waals surface area contributed by atoms with E-state index in [2.05, 4.69) is 5.32 Å². The van der Waals surface area contributed by atoms with E-state index in [1.807, 2.05) is 0 Å². The number of hydrogen-bond acceptors (Lipinski definition) is 3. The number of carbonyl (C=O) groups is 1. The number of furan rings is 1. The van der Waals surface area contributed by atoms with Gasteiger partial charge in [0.25, 0.3) is 6.43 Å². The molecule has 1 aromatic heterocycles. The van der Waals surface area contributed by atoms with Crippen LogP contribution in [0.4, 0.5) is 13.6 Å². The van der Waals surface area contributed by atoms with Crippen LogP contribution < -0.4 is 5.32 Å². The van der Waals surface area contributed by atoms with Crippen LogP contribution in [0.15, 0.2) is 10.5 Å². The Labute approximate surface area is 116 Å². The molecular formula is C13H20F2N2O3. The van der Waals surface area contributed by atoms with Crippen molar-refractivity contribution in [3.8, 4) is 0 Å². The molecule has 7 heteroatoms. The molecule has 0 fully saturated rings. The summed E-state index contributed by atoms with van der Waals surface area (Å²) in [6, 6.07) is 0.799. The van der Waals surface area contributed by atoms with E-state index in [0.717, 1.165) is 16.2 Å². The highest BCUT2D eigenvalue weighted by molar-refractivity contribution is 5.74. The Morgan fingerprint density at radius 3 is 2.60 bits per heavy atom. The van der Waals surface area contributed by atoms with Crippen molar-refractivity contribution in [2.75, 3.05) is 19.7 Å². The number of aliphatic hydroxyl groups is 1. The fourth-order valence-electron chi connectivity index (χ4n) is 2.00. The van der Waals surface area contributed by atoms with E-state index < -0.39 is 19.0 Å².